The molecule has 1 aromatic carbocycles. The SMILES string of the molecule is COc1nc2cccc3c2n1CC(C)N(CC=C(C)C)C3.O=C(O)/C=C/C(=O)O. The van der Waals surface area contributed by atoms with Crippen LogP contribution < -0.4 is 4.74 Å². The van der Waals surface area contributed by atoms with Crippen LogP contribution in [-0.4, -0.2) is 56.3 Å². The fourth-order valence-corrected chi connectivity index (χ4v) is 3.13. The lowest BCUT2D eigenvalue weighted by molar-refractivity contribution is -0.134. The molecule has 0 bridgehead atoms. The van der Waals surface area contributed by atoms with Gasteiger partial charge in [0.25, 0.3) is 6.01 Å². The first-order valence-electron chi connectivity index (χ1n) is 9.26. The summed E-state index contributed by atoms with van der Waals surface area (Å²) < 4.78 is 7.69. The molecular formula is C21H27N3O5. The van der Waals surface area contributed by atoms with E-state index in [1.54, 1.807) is 7.11 Å². The van der Waals surface area contributed by atoms with Crippen LogP contribution in [0.3, 0.4) is 0 Å². The molecule has 8 nitrogen and oxygen atoms in total. The smallest absolute Gasteiger partial charge is 0.328 e. The number of aliphatic carboxylic acids is 2. The predicted octanol–water partition coefficient (Wildman–Crippen LogP) is 2.93. The molecule has 1 atom stereocenters. The number of benzene rings is 1. The van der Waals surface area contributed by atoms with Crippen LogP contribution in [0.5, 0.6) is 6.01 Å². The second kappa shape index (κ2) is 9.88. The molecule has 0 fully saturated rings. The van der Waals surface area contributed by atoms with Crippen LogP contribution in [0.2, 0.25) is 0 Å². The van der Waals surface area contributed by atoms with Gasteiger partial charge in [-0.3, -0.25) is 9.47 Å². The molecule has 1 aliphatic rings. The van der Waals surface area contributed by atoms with E-state index in [4.69, 9.17) is 14.9 Å². The van der Waals surface area contributed by atoms with E-state index >= 15 is 0 Å². The molecule has 2 heterocycles. The van der Waals surface area contributed by atoms with E-state index < -0.39 is 11.9 Å². The molecule has 0 aliphatic carbocycles. The Kier molecular flexibility index (Phi) is 7.55. The first kappa shape index (κ1) is 22.2. The average molecular weight is 401 g/mol. The van der Waals surface area contributed by atoms with E-state index in [1.165, 1.54) is 16.7 Å². The topological polar surface area (TPSA) is 105 Å². The lowest BCUT2D eigenvalue weighted by Crippen LogP contribution is -2.34. The van der Waals surface area contributed by atoms with Crippen LogP contribution >= 0.6 is 0 Å². The summed E-state index contributed by atoms with van der Waals surface area (Å²) in [7, 11) is 1.70. The zero-order valence-corrected chi connectivity index (χ0v) is 17.1. The molecule has 1 aliphatic heterocycles. The van der Waals surface area contributed by atoms with Crippen molar-refractivity contribution < 1.29 is 24.5 Å². The Balaban J connectivity index is 0.000000321. The quantitative estimate of drug-likeness (QED) is 0.586. The molecule has 0 amide bonds. The highest BCUT2D eigenvalue weighted by Gasteiger charge is 2.24. The molecule has 0 saturated carbocycles. The number of carboxylic acid groups (broad SMARTS) is 2. The number of aromatic nitrogens is 2. The monoisotopic (exact) mass is 401 g/mol. The van der Waals surface area contributed by atoms with E-state index in [0.29, 0.717) is 24.2 Å². The van der Waals surface area contributed by atoms with Gasteiger partial charge in [0, 0.05) is 37.8 Å². The van der Waals surface area contributed by atoms with Crippen molar-refractivity contribution in [1.82, 2.24) is 14.5 Å². The number of rotatable bonds is 5. The van der Waals surface area contributed by atoms with Gasteiger partial charge in [-0.25, -0.2) is 9.59 Å². The number of nitrogens with zero attached hydrogens (tertiary/aromatic N) is 3. The molecule has 1 aromatic heterocycles. The van der Waals surface area contributed by atoms with Crippen molar-refractivity contribution in [3.63, 3.8) is 0 Å². The van der Waals surface area contributed by atoms with Crippen LogP contribution in [0.1, 0.15) is 26.3 Å². The Morgan fingerprint density at radius 2 is 1.90 bits per heavy atom. The summed E-state index contributed by atoms with van der Waals surface area (Å²) >= 11 is 0. The van der Waals surface area contributed by atoms with Crippen molar-refractivity contribution >= 4 is 23.0 Å². The van der Waals surface area contributed by atoms with Gasteiger partial charge in [-0.2, -0.15) is 4.98 Å². The molecule has 2 N–H and O–H groups in total. The highest BCUT2D eigenvalue weighted by Crippen LogP contribution is 2.29. The van der Waals surface area contributed by atoms with Crippen LogP contribution in [0.15, 0.2) is 42.0 Å². The summed E-state index contributed by atoms with van der Waals surface area (Å²) in [5, 5.41) is 15.6. The van der Waals surface area contributed by atoms with Gasteiger partial charge in [0.2, 0.25) is 0 Å². The second-order valence-corrected chi connectivity index (χ2v) is 7.06. The molecule has 2 aromatic rings. The Bertz CT molecular complexity index is 925. The van der Waals surface area contributed by atoms with Gasteiger partial charge < -0.3 is 14.9 Å². The van der Waals surface area contributed by atoms with E-state index in [-0.39, 0.29) is 0 Å². The summed E-state index contributed by atoms with van der Waals surface area (Å²) in [6.07, 6.45) is 3.41. The number of methoxy groups -OCH3 is 1. The molecule has 0 saturated heterocycles. The average Bonchev–Trinajstić information content (AvgIpc) is 2.94. The molecular weight excluding hydrogens is 374 g/mol. The van der Waals surface area contributed by atoms with Crippen molar-refractivity contribution in [2.75, 3.05) is 13.7 Å². The van der Waals surface area contributed by atoms with Crippen LogP contribution in [0.4, 0.5) is 0 Å². The third-order valence-corrected chi connectivity index (χ3v) is 4.54. The minimum atomic E-state index is -1.26. The van der Waals surface area contributed by atoms with E-state index in [9.17, 15) is 9.59 Å². The predicted molar refractivity (Wildman–Crippen MR) is 110 cm³/mol. The fraction of sp³-hybridized carbons (Fsp3) is 0.381. The van der Waals surface area contributed by atoms with Gasteiger partial charge in [0.1, 0.15) is 0 Å². The first-order valence-corrected chi connectivity index (χ1v) is 9.26. The van der Waals surface area contributed by atoms with Crippen molar-refractivity contribution in [3.8, 4) is 6.01 Å². The van der Waals surface area contributed by atoms with Gasteiger partial charge in [0.05, 0.1) is 18.1 Å². The van der Waals surface area contributed by atoms with E-state index in [2.05, 4.69) is 59.5 Å². The number of hydrogen-bond acceptors (Lipinski definition) is 5. The van der Waals surface area contributed by atoms with Gasteiger partial charge in [0.15, 0.2) is 0 Å². The number of imidazole rings is 1. The molecule has 1 unspecified atom stereocenters. The minimum absolute atomic E-state index is 0.444. The maximum absolute atomic E-state index is 9.55. The van der Waals surface area contributed by atoms with Crippen LogP contribution in [0, 0.1) is 0 Å². The maximum atomic E-state index is 9.55. The second-order valence-electron chi connectivity index (χ2n) is 7.06. The first-order chi connectivity index (χ1) is 13.7. The Labute approximate surface area is 169 Å². The highest BCUT2D eigenvalue weighted by molar-refractivity contribution is 5.89. The number of para-hydroxylation sites is 1. The summed E-state index contributed by atoms with van der Waals surface area (Å²) in [6, 6.07) is 7.51. The molecule has 3 rings (SSSR count). The zero-order chi connectivity index (χ0) is 21.6. The number of ether oxygens (including phenoxy) is 1. The Morgan fingerprint density at radius 1 is 1.24 bits per heavy atom. The van der Waals surface area contributed by atoms with Gasteiger partial charge in [-0.15, -0.1) is 0 Å². The Morgan fingerprint density at radius 3 is 2.45 bits per heavy atom. The normalized spacial score (nSPS) is 16.1. The lowest BCUT2D eigenvalue weighted by Gasteiger charge is -2.26. The fourth-order valence-electron chi connectivity index (χ4n) is 3.13. The molecule has 0 radical (unpaired) electrons. The minimum Gasteiger partial charge on any atom is -0.478 e. The van der Waals surface area contributed by atoms with E-state index in [1.807, 2.05) is 0 Å². The number of allylic oxidation sites excluding steroid dienone is 1. The van der Waals surface area contributed by atoms with Gasteiger partial charge in [-0.1, -0.05) is 23.8 Å². The maximum Gasteiger partial charge on any atom is 0.328 e. The number of carboxylic acids is 2. The van der Waals surface area contributed by atoms with Gasteiger partial charge in [-0.05, 0) is 32.4 Å². The standard InChI is InChI=1S/C17H23N3O.C4H4O4/c1-12(2)8-9-19-11-14-6-5-7-15-16(14)20(10-13(19)3)17(18-15)21-4;5-3(6)1-2-4(7)8/h5-8,13H,9-11H2,1-4H3;1-2H,(H,5,6)(H,7,8)/b;2-1+. The van der Waals surface area contributed by atoms with Crippen molar-refractivity contribution in [1.29, 1.82) is 0 Å². The lowest BCUT2D eigenvalue weighted by atomic mass is 10.1. The number of carbonyl (C=O) groups is 2. The third-order valence-electron chi connectivity index (χ3n) is 4.54. The molecule has 0 spiro atoms. The molecule has 156 valence electrons. The largest absolute Gasteiger partial charge is 0.478 e. The summed E-state index contributed by atoms with van der Waals surface area (Å²) in [4.78, 5) is 26.2. The molecule has 8 heteroatoms. The highest BCUT2D eigenvalue weighted by atomic mass is 16.5. The zero-order valence-electron chi connectivity index (χ0n) is 17.1. The number of hydrogen-bond donors (Lipinski definition) is 2. The van der Waals surface area contributed by atoms with E-state index in [0.717, 1.165) is 25.2 Å². The van der Waals surface area contributed by atoms with Crippen molar-refractivity contribution in [3.05, 3.63) is 47.6 Å². The summed E-state index contributed by atoms with van der Waals surface area (Å²) in [5.41, 5.74) is 4.94. The summed E-state index contributed by atoms with van der Waals surface area (Å²) in [5.74, 6) is -2.51. The van der Waals surface area contributed by atoms with Crippen LogP contribution in [0.25, 0.3) is 11.0 Å². The van der Waals surface area contributed by atoms with Crippen LogP contribution in [-0.2, 0) is 22.7 Å². The van der Waals surface area contributed by atoms with Crippen molar-refractivity contribution in [2.45, 2.75) is 39.9 Å². The molecule has 29 heavy (non-hydrogen) atoms. The van der Waals surface area contributed by atoms with Gasteiger partial charge >= 0.3 is 11.9 Å². The third kappa shape index (κ3) is 5.92. The summed E-state index contributed by atoms with van der Waals surface area (Å²) in [6.45, 7) is 9.43. The Hall–Kier alpha value is -3.13. The van der Waals surface area contributed by atoms with Crippen molar-refractivity contribution in [2.24, 2.45) is 0 Å².